The summed E-state index contributed by atoms with van der Waals surface area (Å²) in [4.78, 5) is 119. The van der Waals surface area contributed by atoms with Crippen molar-refractivity contribution >= 4 is 112 Å². The fraction of sp³-hybridized carbons (Fsp3) is 0.330. The van der Waals surface area contributed by atoms with Gasteiger partial charge < -0.3 is 94.1 Å². The normalized spacial score (nSPS) is 17.4. The van der Waals surface area contributed by atoms with Crippen LogP contribution in [0.1, 0.15) is 78.2 Å². The quantitative estimate of drug-likeness (QED) is 0.0903. The van der Waals surface area contributed by atoms with Gasteiger partial charge in [-0.05, 0) is 243 Å². The topological polar surface area (TPSA) is 346 Å². The predicted molar refractivity (Wildman–Crippen MR) is 585 cm³/mol. The Hall–Kier alpha value is -15.9. The molecule has 6 fully saturated rings. The van der Waals surface area contributed by atoms with Crippen LogP contribution in [-0.2, 0) is 0 Å². The number of nitrogens with one attached hydrogen (secondary N) is 2. The number of hydrogen-bond acceptors (Lipinski definition) is 29. The van der Waals surface area contributed by atoms with Gasteiger partial charge in [0.05, 0.1) is 97.1 Å². The van der Waals surface area contributed by atoms with Crippen molar-refractivity contribution < 1.29 is 27.2 Å². The van der Waals surface area contributed by atoms with E-state index in [1.54, 1.807) is 0 Å². The van der Waals surface area contributed by atoms with E-state index in [2.05, 4.69) is 148 Å². The Morgan fingerprint density at radius 3 is 1.22 bits per heavy atom. The number of likely N-dealkylation sites (tertiary alicyclic amines) is 1. The van der Waals surface area contributed by atoms with E-state index in [0.29, 0.717) is 103 Å². The summed E-state index contributed by atoms with van der Waals surface area (Å²) in [6, 6.07) is 49.1. The van der Waals surface area contributed by atoms with Crippen molar-refractivity contribution in [2.45, 2.75) is 106 Å². The van der Waals surface area contributed by atoms with Crippen LogP contribution in [0.15, 0.2) is 254 Å². The number of likely N-dealkylation sites (N-methyl/N-ethyl adjacent to an activating group) is 3. The van der Waals surface area contributed by atoms with Gasteiger partial charge in [0.2, 0.25) is 0 Å². The molecule has 34 nitrogen and oxygen atoms in total. The molecular weight excluding hydrogens is 1880 g/mol. The summed E-state index contributed by atoms with van der Waals surface area (Å²) in [6.45, 7) is 34.4. The largest absolute Gasteiger partial charge is 0.422 e. The number of pyridine rings is 2. The zero-order valence-corrected chi connectivity index (χ0v) is 85.9. The fourth-order valence-electron chi connectivity index (χ4n) is 21.8. The van der Waals surface area contributed by atoms with Crippen molar-refractivity contribution in [1.82, 2.24) is 87.2 Å². The van der Waals surface area contributed by atoms with E-state index in [-0.39, 0.29) is 29.1 Å². The van der Waals surface area contributed by atoms with Gasteiger partial charge in [-0.2, -0.15) is 0 Å². The summed E-state index contributed by atoms with van der Waals surface area (Å²) in [6.07, 6.45) is 23.8. The van der Waals surface area contributed by atoms with Crippen molar-refractivity contribution in [3.63, 3.8) is 0 Å². The molecule has 6 aliphatic heterocycles. The summed E-state index contributed by atoms with van der Waals surface area (Å²) in [5.74, 6) is 0.704. The minimum Gasteiger partial charge on any atom is -0.422 e. The molecule has 21 heterocycles. The number of aryl methyl sites for hydroxylation is 8. The van der Waals surface area contributed by atoms with Gasteiger partial charge in [0.25, 0.3) is 0 Å². The van der Waals surface area contributed by atoms with Gasteiger partial charge in [0, 0.05) is 276 Å². The van der Waals surface area contributed by atoms with Crippen molar-refractivity contribution in [2.75, 3.05) is 164 Å². The van der Waals surface area contributed by atoms with E-state index in [4.69, 9.17) is 27.2 Å². The number of aromatic nitrogens is 13. The molecule has 3 N–H and O–H groups in total. The third-order valence-electron chi connectivity index (χ3n) is 29.6. The number of piperazine rings is 2. The lowest BCUT2D eigenvalue weighted by molar-refractivity contribution is 0.189. The maximum Gasteiger partial charge on any atom is 0.345 e. The zero-order chi connectivity index (χ0) is 103. The zero-order valence-electron chi connectivity index (χ0n) is 85.9. The Labute approximate surface area is 857 Å². The van der Waals surface area contributed by atoms with Gasteiger partial charge in [-0.15, -0.1) is 0 Å². The number of aliphatic hydroxyl groups excluding tert-OH is 1. The standard InChI is InChI=1S/C24H25N5O2.C23H25N5O3.C23H25N5O2.C23H24N4O2.C22H22N4O2/c1-14-10-29-13-21(27-23(29)15(2)26-14)19-8-16-5-6-18(9-22(16)31-24(19)30)28-11-17-4-3-7-25-20(17)12-28;1-15-13-28-14-20(25-22(28)16(2)24-15)19-11-17-3-4-18(12-21(17)31-23(19)30)27-7-5-26(6-8-27)9-10-29;1-14-11-28-13-20(25-22(28)15(2)24-14)19-9-16-5-6-17(10-21(16)30-23(19)29)27(4)18-7-8-26(3)12-18;1-16-14-27-15-18(5-7-22(27)24-16)20-12-17-4-6-19(13-21(17)29-23(20)28)26-9-3-8-25(2)10-11-26;1-14-11-25(8-7-23-14)18-5-3-16-9-19(22(27)28-20(16)10-18)17-4-6-21-24-15(2)12-26(21)13-17/h5-6,8-10,13,17,20,25H,3-4,7,11-12H2,1-2H3;3-4,11-14,29H,5-10H2,1-2H3;5-6,9-11,13,18H,7-8,12H2,1-4H3;4-7,12-15H,3,8-11H2,1-2H3;3-6,9-10,12-14,23H,7-8,11H2,1-2H3/t17-,20+;;18-;;14-/m1.0.1/s1. The molecule has 0 aliphatic carbocycles. The molecular formula is C115H121N23O11. The SMILES string of the molecule is Cc1cn2cc(-c3cc4ccc(N(C)[C@H]5CCN(C)C5)cc4oc3=O)nc2c(C)n1.Cc1cn2cc(-c3cc4ccc(N5CCCN(C)CC5)cc4oc3=O)ccc2n1.Cc1cn2cc(-c3cc4ccc(N5CCN(CCO)CC5)cc4oc3=O)nc2c(C)n1.Cc1cn2cc(-c3cc4ccc(N5CCN[C@H](C)C5)cc4oc3=O)ccc2n1.Cc1cn2cc(-c3cc4ccc(N5C[C@H]6CCCN[C@H]6C5)cc4oc3=O)nc2c(C)n1. The number of β-amino-alcohol motifs (C(OH)–C–C–N with tert-alkyl or cyclic N) is 1. The van der Waals surface area contributed by atoms with Crippen LogP contribution in [0.25, 0.3) is 139 Å². The number of nitrogens with zero attached hydrogens (tertiary/aromatic N) is 21. The number of rotatable bonds is 13. The van der Waals surface area contributed by atoms with Crippen LogP contribution < -0.4 is 63.3 Å². The predicted octanol–water partition coefficient (Wildman–Crippen LogP) is 15.6. The summed E-state index contributed by atoms with van der Waals surface area (Å²) in [7, 11) is 6.41. The minimum atomic E-state index is -0.400. The van der Waals surface area contributed by atoms with Crippen LogP contribution in [-0.4, -0.2) is 239 Å². The lowest BCUT2D eigenvalue weighted by atomic mass is 9.94. The average molecular weight is 2000 g/mol. The summed E-state index contributed by atoms with van der Waals surface area (Å²) in [5.41, 5.74) is 23.6. The van der Waals surface area contributed by atoms with Gasteiger partial charge in [-0.1, -0.05) is 0 Å². The molecule has 0 spiro atoms. The van der Waals surface area contributed by atoms with Gasteiger partial charge in [-0.25, -0.2) is 48.9 Å². The number of piperidine rings is 1. The maximum atomic E-state index is 12.8. The molecule has 26 rings (SSSR count). The molecule has 5 aromatic carbocycles. The van der Waals surface area contributed by atoms with Crippen LogP contribution in [0.2, 0.25) is 0 Å². The van der Waals surface area contributed by atoms with Crippen LogP contribution >= 0.6 is 0 Å². The van der Waals surface area contributed by atoms with Crippen LogP contribution in [0.3, 0.4) is 0 Å². The lowest BCUT2D eigenvalue weighted by Gasteiger charge is -2.35. The highest BCUT2D eigenvalue weighted by atomic mass is 16.4. The fourth-order valence-corrected chi connectivity index (χ4v) is 21.8. The Morgan fingerprint density at radius 1 is 0.356 bits per heavy atom. The highest BCUT2D eigenvalue weighted by molar-refractivity contribution is 5.90. The molecule has 6 aliphatic rings. The third kappa shape index (κ3) is 20.7. The summed E-state index contributed by atoms with van der Waals surface area (Å²) in [5, 5.41) is 20.7. The minimum absolute atomic E-state index is 0.186. The molecule has 0 radical (unpaired) electrons. The molecule has 0 saturated carbocycles. The van der Waals surface area contributed by atoms with Crippen LogP contribution in [0, 0.1) is 61.3 Å². The molecule has 4 atom stereocenters. The molecule has 0 bridgehead atoms. The second-order valence-corrected chi connectivity index (χ2v) is 40.6. The van der Waals surface area contributed by atoms with Gasteiger partial charge >= 0.3 is 28.1 Å². The Bertz CT molecular complexity index is 8850. The number of benzene rings is 5. The first-order valence-corrected chi connectivity index (χ1v) is 51.3. The highest BCUT2D eigenvalue weighted by Crippen LogP contribution is 2.37. The van der Waals surface area contributed by atoms with Crippen LogP contribution in [0.4, 0.5) is 28.4 Å². The smallest absolute Gasteiger partial charge is 0.345 e. The average Bonchev–Trinajstić information content (AvgIpc) is 1.54. The van der Waals surface area contributed by atoms with Crippen molar-refractivity contribution in [3.05, 3.63) is 305 Å². The van der Waals surface area contributed by atoms with Crippen LogP contribution in [0.5, 0.6) is 0 Å². The number of aliphatic hydroxyl groups is 1. The van der Waals surface area contributed by atoms with E-state index in [9.17, 15) is 24.0 Å². The van der Waals surface area contributed by atoms with Gasteiger partial charge in [0.1, 0.15) is 39.2 Å². The Morgan fingerprint density at radius 2 is 0.772 bits per heavy atom. The molecule has 0 amide bonds. The van der Waals surface area contributed by atoms with Gasteiger partial charge in [-0.3, -0.25) is 19.9 Å². The Balaban J connectivity index is 0.000000105. The second-order valence-electron chi connectivity index (χ2n) is 40.6. The lowest BCUT2D eigenvalue weighted by Crippen LogP contribution is -2.49. The molecule has 149 heavy (non-hydrogen) atoms. The first kappa shape index (κ1) is 97.9. The third-order valence-corrected chi connectivity index (χ3v) is 29.6. The van der Waals surface area contributed by atoms with E-state index in [1.165, 1.54) is 12.8 Å². The number of hydrogen-bond donors (Lipinski definition) is 3. The first-order valence-electron chi connectivity index (χ1n) is 51.3. The molecule has 34 heteroatoms. The first-order chi connectivity index (χ1) is 72.1. The van der Waals surface area contributed by atoms with Crippen molar-refractivity contribution in [1.29, 1.82) is 0 Å². The molecule has 20 aromatic rings. The second kappa shape index (κ2) is 41.1. The molecule has 6 saturated heterocycles. The van der Waals surface area contributed by atoms with Gasteiger partial charge in [0.15, 0.2) is 16.9 Å². The van der Waals surface area contributed by atoms with Crippen molar-refractivity contribution in [3.8, 4) is 56.0 Å². The van der Waals surface area contributed by atoms with Crippen molar-refractivity contribution in [2.24, 2.45) is 5.92 Å². The molecule has 15 aromatic heterocycles. The Kier molecular flexibility index (Phi) is 27.0. The number of fused-ring (bicyclic) bond motifs is 11. The van der Waals surface area contributed by atoms with E-state index in [1.807, 2.05) is 255 Å². The van der Waals surface area contributed by atoms with E-state index in [0.717, 1.165) is 258 Å². The number of anilines is 5. The molecule has 0 unspecified atom stereocenters. The summed E-state index contributed by atoms with van der Waals surface area (Å²) < 4.78 is 38.2. The monoisotopic (exact) mass is 2000 g/mol. The summed E-state index contributed by atoms with van der Waals surface area (Å²) >= 11 is 0. The number of imidazole rings is 5. The van der Waals surface area contributed by atoms with E-state index < -0.39 is 5.63 Å². The molecule has 762 valence electrons. The highest BCUT2D eigenvalue weighted by Gasteiger charge is 2.35. The van der Waals surface area contributed by atoms with E-state index >= 15 is 0 Å². The maximum absolute atomic E-state index is 12.8.